The number of ether oxygens (including phenoxy) is 2. The van der Waals surface area contributed by atoms with Crippen LogP contribution in [-0.2, 0) is 9.59 Å². The van der Waals surface area contributed by atoms with Crippen LogP contribution in [0, 0.1) is 13.8 Å². The number of aryl methyl sites for hydroxylation is 2. The Labute approximate surface area is 220 Å². The Balaban J connectivity index is 1.74. The van der Waals surface area contributed by atoms with Crippen LogP contribution in [0.3, 0.4) is 0 Å². The zero-order chi connectivity index (χ0) is 25.7. The quantitative estimate of drug-likeness (QED) is 0.182. The number of nitrogens with zero attached hydrogens (tertiary/aromatic N) is 2. The second kappa shape index (κ2) is 9.24. The topological polar surface area (TPSA) is 89.0 Å². The molecule has 0 spiro atoms. The predicted octanol–water partition coefficient (Wildman–Crippen LogP) is 6.27. The Morgan fingerprint density at radius 3 is 2.58 bits per heavy atom. The molecule has 1 unspecified atom stereocenters. The maximum Gasteiger partial charge on any atom is 0.301 e. The minimum Gasteiger partial charge on any atom is -0.507 e. The number of fused-ring (bicyclic) bond motifs is 1. The molecule has 2 aromatic heterocycles. The Kier molecular flexibility index (Phi) is 6.23. The number of hydrogen-bond acceptors (Lipinski definition) is 8. The number of aromatic nitrogens is 1. The summed E-state index contributed by atoms with van der Waals surface area (Å²) in [5, 5.41) is 14.0. The van der Waals surface area contributed by atoms with Crippen molar-refractivity contribution in [1.29, 1.82) is 0 Å². The Hall–Kier alpha value is -3.40. The van der Waals surface area contributed by atoms with Crippen molar-refractivity contribution < 1.29 is 24.2 Å². The van der Waals surface area contributed by atoms with E-state index in [-0.39, 0.29) is 27.7 Å². The number of thiophene rings is 1. The lowest BCUT2D eigenvalue weighted by Gasteiger charge is -2.21. The van der Waals surface area contributed by atoms with Gasteiger partial charge in [-0.3, -0.25) is 14.5 Å². The summed E-state index contributed by atoms with van der Waals surface area (Å²) in [4.78, 5) is 33.6. The Morgan fingerprint density at radius 1 is 1.14 bits per heavy atom. The van der Waals surface area contributed by atoms with Crippen molar-refractivity contribution in [3.63, 3.8) is 0 Å². The molecule has 1 aliphatic heterocycles. The van der Waals surface area contributed by atoms with Crippen molar-refractivity contribution in [2.45, 2.75) is 19.9 Å². The highest BCUT2D eigenvalue weighted by atomic mass is 35.5. The van der Waals surface area contributed by atoms with E-state index in [0.29, 0.717) is 21.3 Å². The van der Waals surface area contributed by atoms with Crippen LogP contribution < -0.4 is 14.4 Å². The lowest BCUT2D eigenvalue weighted by atomic mass is 9.98. The van der Waals surface area contributed by atoms with Gasteiger partial charge in [0.05, 0.1) is 40.6 Å². The molecule has 1 aliphatic rings. The Bertz CT molecular complexity index is 1560. The molecule has 7 nitrogen and oxygen atoms in total. The molecule has 5 rings (SSSR count). The molecule has 2 aromatic carbocycles. The molecule has 184 valence electrons. The first-order chi connectivity index (χ1) is 17.2. The van der Waals surface area contributed by atoms with Crippen LogP contribution >= 0.6 is 34.3 Å². The molecule has 4 aromatic rings. The van der Waals surface area contributed by atoms with Gasteiger partial charge in [0.15, 0.2) is 5.13 Å². The molecule has 1 amide bonds. The summed E-state index contributed by atoms with van der Waals surface area (Å²) in [6, 6.07) is 9.90. The number of ketones is 1. The van der Waals surface area contributed by atoms with Gasteiger partial charge >= 0.3 is 5.91 Å². The van der Waals surface area contributed by atoms with Gasteiger partial charge in [0.25, 0.3) is 5.78 Å². The first kappa shape index (κ1) is 24.3. The predicted molar refractivity (Wildman–Crippen MR) is 143 cm³/mol. The maximum absolute atomic E-state index is 13.4. The first-order valence-corrected chi connectivity index (χ1v) is 13.0. The first-order valence-electron chi connectivity index (χ1n) is 10.9. The summed E-state index contributed by atoms with van der Waals surface area (Å²) in [5.41, 5.74) is 2.55. The molecule has 3 heterocycles. The van der Waals surface area contributed by atoms with Crippen molar-refractivity contribution in [2.24, 2.45) is 0 Å². The number of thiazole rings is 1. The summed E-state index contributed by atoms with van der Waals surface area (Å²) >= 11 is 9.01. The smallest absolute Gasteiger partial charge is 0.301 e. The fraction of sp³-hybridized carbons (Fsp3) is 0.192. The monoisotopic (exact) mass is 540 g/mol. The third-order valence-corrected chi connectivity index (χ3v) is 8.23. The number of carbonyl (C=O) groups is 2. The van der Waals surface area contributed by atoms with E-state index >= 15 is 0 Å². The fourth-order valence-electron chi connectivity index (χ4n) is 4.37. The third-order valence-electron chi connectivity index (χ3n) is 6.00. The van der Waals surface area contributed by atoms with Crippen LogP contribution in [0.2, 0.25) is 5.02 Å². The molecule has 0 aliphatic carbocycles. The van der Waals surface area contributed by atoms with E-state index < -0.39 is 17.7 Å². The minimum atomic E-state index is -0.863. The van der Waals surface area contributed by atoms with E-state index in [2.05, 4.69) is 4.98 Å². The third kappa shape index (κ3) is 3.84. The van der Waals surface area contributed by atoms with Gasteiger partial charge in [0.2, 0.25) is 0 Å². The van der Waals surface area contributed by atoms with E-state index in [1.54, 1.807) is 19.2 Å². The van der Waals surface area contributed by atoms with Crippen molar-refractivity contribution in [2.75, 3.05) is 19.1 Å². The Morgan fingerprint density at radius 2 is 1.92 bits per heavy atom. The summed E-state index contributed by atoms with van der Waals surface area (Å²) in [6.45, 7) is 3.73. The average molecular weight is 541 g/mol. The molecule has 1 saturated heterocycles. The number of carbonyl (C=O) groups excluding carboxylic acids is 2. The van der Waals surface area contributed by atoms with Crippen LogP contribution in [0.5, 0.6) is 11.5 Å². The van der Waals surface area contributed by atoms with Crippen molar-refractivity contribution in [1.82, 2.24) is 4.98 Å². The lowest BCUT2D eigenvalue weighted by Crippen LogP contribution is -2.28. The van der Waals surface area contributed by atoms with Gasteiger partial charge in [-0.2, -0.15) is 0 Å². The number of benzene rings is 2. The zero-order valence-electron chi connectivity index (χ0n) is 19.8. The second-order valence-electron chi connectivity index (χ2n) is 8.30. The van der Waals surface area contributed by atoms with Crippen molar-refractivity contribution in [3.05, 3.63) is 73.9 Å². The van der Waals surface area contributed by atoms with Gasteiger partial charge in [-0.1, -0.05) is 29.0 Å². The largest absolute Gasteiger partial charge is 0.507 e. The van der Waals surface area contributed by atoms with Gasteiger partial charge in [-0.05, 0) is 60.7 Å². The number of anilines is 1. The molecule has 0 saturated carbocycles. The number of methoxy groups -OCH3 is 2. The van der Waals surface area contributed by atoms with Gasteiger partial charge in [-0.15, -0.1) is 11.3 Å². The van der Waals surface area contributed by atoms with Crippen molar-refractivity contribution >= 4 is 67.1 Å². The summed E-state index contributed by atoms with van der Waals surface area (Å²) in [6.07, 6.45) is 0. The molecular weight excluding hydrogens is 520 g/mol. The molecule has 1 N–H and O–H groups in total. The van der Waals surface area contributed by atoms with Crippen LogP contribution in [0.4, 0.5) is 5.13 Å². The fourth-order valence-corrected chi connectivity index (χ4v) is 6.55. The number of aliphatic hydroxyl groups is 1. The number of amides is 1. The lowest BCUT2D eigenvalue weighted by molar-refractivity contribution is -0.132. The molecule has 1 atom stereocenters. The normalized spacial score (nSPS) is 17.2. The van der Waals surface area contributed by atoms with Crippen LogP contribution in [0.25, 0.3) is 16.0 Å². The van der Waals surface area contributed by atoms with Crippen molar-refractivity contribution in [3.8, 4) is 11.5 Å². The van der Waals surface area contributed by atoms with E-state index in [4.69, 9.17) is 21.1 Å². The van der Waals surface area contributed by atoms with E-state index in [1.807, 2.05) is 43.5 Å². The summed E-state index contributed by atoms with van der Waals surface area (Å²) in [5.74, 6) is -0.999. The van der Waals surface area contributed by atoms with Crippen LogP contribution in [0.15, 0.2) is 47.4 Å². The second-order valence-corrected chi connectivity index (χ2v) is 10.7. The van der Waals surface area contributed by atoms with Gasteiger partial charge in [0.1, 0.15) is 23.3 Å². The highest BCUT2D eigenvalue weighted by molar-refractivity contribution is 7.22. The van der Waals surface area contributed by atoms with E-state index in [0.717, 1.165) is 15.8 Å². The van der Waals surface area contributed by atoms with Gasteiger partial charge in [-0.25, -0.2) is 4.98 Å². The highest BCUT2D eigenvalue weighted by Gasteiger charge is 2.49. The average Bonchev–Trinajstić information content (AvgIpc) is 3.56. The number of halogens is 1. The minimum absolute atomic E-state index is 0.0459. The SMILES string of the molecule is COc1cc2sc(N3C(=O)C(=O)/C(=C(/O)c4cc(C)cc(Cl)c4OC)C3c3cccs3)nc2cc1C. The van der Waals surface area contributed by atoms with Crippen LogP contribution in [-0.4, -0.2) is 36.0 Å². The van der Waals surface area contributed by atoms with E-state index in [9.17, 15) is 14.7 Å². The highest BCUT2D eigenvalue weighted by Crippen LogP contribution is 2.47. The number of aliphatic hydroxyl groups excluding tert-OH is 1. The number of Topliss-reactive ketones (excluding diaryl/α,β-unsaturated/α-hetero) is 1. The van der Waals surface area contributed by atoms with Gasteiger partial charge < -0.3 is 14.6 Å². The molecule has 1 fully saturated rings. The van der Waals surface area contributed by atoms with Crippen LogP contribution in [0.1, 0.15) is 27.6 Å². The van der Waals surface area contributed by atoms with Gasteiger partial charge in [0, 0.05) is 4.88 Å². The molecule has 0 radical (unpaired) electrons. The molecule has 36 heavy (non-hydrogen) atoms. The molecule has 0 bridgehead atoms. The summed E-state index contributed by atoms with van der Waals surface area (Å²) < 4.78 is 11.7. The maximum atomic E-state index is 13.4. The summed E-state index contributed by atoms with van der Waals surface area (Å²) in [7, 11) is 3.03. The number of hydrogen-bond donors (Lipinski definition) is 1. The zero-order valence-corrected chi connectivity index (χ0v) is 22.2. The molecular formula is C26H21ClN2O5S2. The standard InChI is InChI=1S/C26H21ClN2O5S2/c1-12-8-14(24(34-4)15(27)9-12)22(30)20-21(18-6-5-7-35-18)29(25(32)23(20)31)26-28-16-10-13(2)17(33-3)11-19(16)36-26/h5-11,21,30H,1-4H3/b22-20+. The van der Waals surface area contributed by atoms with E-state index in [1.165, 1.54) is 34.7 Å². The number of rotatable bonds is 5. The molecule has 10 heteroatoms.